The fourth-order valence-corrected chi connectivity index (χ4v) is 2.63. The predicted octanol–water partition coefficient (Wildman–Crippen LogP) is 1.86. The minimum Gasteiger partial charge on any atom is -0.326 e. The zero-order valence-corrected chi connectivity index (χ0v) is 14.0. The summed E-state index contributed by atoms with van der Waals surface area (Å²) in [5.74, 6) is -0.0433. The van der Waals surface area contributed by atoms with Crippen LogP contribution in [0.25, 0.3) is 0 Å². The van der Waals surface area contributed by atoms with Crippen LogP contribution in [0, 0.1) is 13.8 Å². The monoisotopic (exact) mass is 324 g/mol. The number of benzene rings is 1. The highest BCUT2D eigenvalue weighted by atomic mass is 16.1. The lowest BCUT2D eigenvalue weighted by atomic mass is 10.1. The fraction of sp³-hybridized carbons (Fsp3) is 0.294. The molecule has 7 nitrogen and oxygen atoms in total. The van der Waals surface area contributed by atoms with Gasteiger partial charge in [-0.2, -0.15) is 10.2 Å². The Kier molecular flexibility index (Phi) is 4.41. The first-order valence-corrected chi connectivity index (χ1v) is 7.73. The van der Waals surface area contributed by atoms with Crippen LogP contribution in [0.1, 0.15) is 22.5 Å². The quantitative estimate of drug-likeness (QED) is 0.777. The van der Waals surface area contributed by atoms with Crippen molar-refractivity contribution in [1.82, 2.24) is 24.5 Å². The third-order valence-corrected chi connectivity index (χ3v) is 4.05. The Hall–Kier alpha value is -2.96. The summed E-state index contributed by atoms with van der Waals surface area (Å²) in [6.07, 6.45) is 3.51. The lowest BCUT2D eigenvalue weighted by Gasteiger charge is -2.07. The summed E-state index contributed by atoms with van der Waals surface area (Å²) in [7, 11) is 1.89. The molecule has 0 radical (unpaired) electrons. The normalized spacial score (nSPS) is 10.8. The summed E-state index contributed by atoms with van der Waals surface area (Å²) in [6, 6.07) is 7.73. The molecule has 0 saturated carbocycles. The Morgan fingerprint density at radius 2 is 1.96 bits per heavy atom. The first kappa shape index (κ1) is 15.9. The van der Waals surface area contributed by atoms with Gasteiger partial charge >= 0.3 is 0 Å². The molecule has 24 heavy (non-hydrogen) atoms. The van der Waals surface area contributed by atoms with E-state index in [0.717, 1.165) is 28.2 Å². The van der Waals surface area contributed by atoms with E-state index in [-0.39, 0.29) is 5.91 Å². The number of aryl methyl sites for hydroxylation is 2. The molecule has 2 aromatic heterocycles. The second-order valence-electron chi connectivity index (χ2n) is 5.79. The van der Waals surface area contributed by atoms with Crippen molar-refractivity contribution in [2.45, 2.75) is 26.8 Å². The summed E-state index contributed by atoms with van der Waals surface area (Å²) in [5.41, 5.74) is 4.77. The number of hydrogen-bond acceptors (Lipinski definition) is 4. The number of rotatable bonds is 5. The van der Waals surface area contributed by atoms with E-state index in [0.29, 0.717) is 13.0 Å². The average Bonchev–Trinajstić information content (AvgIpc) is 3.14. The maximum Gasteiger partial charge on any atom is 0.228 e. The number of carbonyl (C=O) groups is 1. The van der Waals surface area contributed by atoms with E-state index in [2.05, 4.69) is 20.5 Å². The summed E-state index contributed by atoms with van der Waals surface area (Å²) >= 11 is 0. The number of aromatic nitrogens is 5. The molecule has 0 unspecified atom stereocenters. The van der Waals surface area contributed by atoms with Gasteiger partial charge in [-0.05, 0) is 31.5 Å². The molecular weight excluding hydrogens is 304 g/mol. The predicted molar refractivity (Wildman–Crippen MR) is 90.6 cm³/mol. The van der Waals surface area contributed by atoms with Crippen LogP contribution in [0.15, 0.2) is 36.9 Å². The first-order chi connectivity index (χ1) is 11.5. The van der Waals surface area contributed by atoms with Gasteiger partial charge in [-0.25, -0.2) is 9.67 Å². The minimum atomic E-state index is -0.0433. The summed E-state index contributed by atoms with van der Waals surface area (Å²) in [6.45, 7) is 4.55. The molecule has 0 aliphatic heterocycles. The van der Waals surface area contributed by atoms with Crippen molar-refractivity contribution in [2.75, 3.05) is 5.32 Å². The first-order valence-electron chi connectivity index (χ1n) is 7.73. The van der Waals surface area contributed by atoms with Crippen LogP contribution in [-0.4, -0.2) is 30.5 Å². The molecule has 0 fully saturated rings. The largest absolute Gasteiger partial charge is 0.326 e. The maximum atomic E-state index is 12.3. The van der Waals surface area contributed by atoms with E-state index < -0.39 is 0 Å². The van der Waals surface area contributed by atoms with Gasteiger partial charge < -0.3 is 5.32 Å². The molecule has 124 valence electrons. The molecule has 1 N–H and O–H groups in total. The summed E-state index contributed by atoms with van der Waals surface area (Å²) in [4.78, 5) is 16.2. The Bertz CT molecular complexity index is 833. The maximum absolute atomic E-state index is 12.3. The second kappa shape index (κ2) is 6.66. The van der Waals surface area contributed by atoms with Crippen LogP contribution in [0.5, 0.6) is 0 Å². The lowest BCUT2D eigenvalue weighted by molar-refractivity contribution is -0.115. The number of hydrogen-bond donors (Lipinski definition) is 1. The van der Waals surface area contributed by atoms with Gasteiger partial charge in [-0.15, -0.1) is 0 Å². The zero-order chi connectivity index (χ0) is 17.1. The van der Waals surface area contributed by atoms with Gasteiger partial charge in [0.25, 0.3) is 0 Å². The van der Waals surface area contributed by atoms with Gasteiger partial charge in [0.2, 0.25) is 5.91 Å². The second-order valence-corrected chi connectivity index (χ2v) is 5.79. The van der Waals surface area contributed by atoms with Crippen LogP contribution < -0.4 is 5.32 Å². The van der Waals surface area contributed by atoms with Crippen molar-refractivity contribution in [1.29, 1.82) is 0 Å². The Balaban J connectivity index is 1.62. The van der Waals surface area contributed by atoms with Crippen LogP contribution >= 0.6 is 0 Å². The third-order valence-electron chi connectivity index (χ3n) is 4.05. The minimum absolute atomic E-state index is 0.0433. The van der Waals surface area contributed by atoms with Crippen molar-refractivity contribution < 1.29 is 4.79 Å². The molecule has 2 heterocycles. The fourth-order valence-electron chi connectivity index (χ4n) is 2.63. The molecular formula is C17H20N6O. The van der Waals surface area contributed by atoms with E-state index in [1.807, 2.05) is 45.2 Å². The van der Waals surface area contributed by atoms with E-state index in [1.54, 1.807) is 15.7 Å². The van der Waals surface area contributed by atoms with Gasteiger partial charge in [0.15, 0.2) is 0 Å². The Labute approximate surface area is 140 Å². The van der Waals surface area contributed by atoms with Crippen molar-refractivity contribution in [3.05, 3.63) is 59.4 Å². The number of nitrogens with one attached hydrogen (secondary N) is 1. The highest BCUT2D eigenvalue weighted by Crippen LogP contribution is 2.15. The van der Waals surface area contributed by atoms with E-state index in [4.69, 9.17) is 0 Å². The van der Waals surface area contributed by atoms with Crippen LogP contribution in [0.2, 0.25) is 0 Å². The van der Waals surface area contributed by atoms with Crippen molar-refractivity contribution in [3.63, 3.8) is 0 Å². The van der Waals surface area contributed by atoms with Crippen LogP contribution in [0.3, 0.4) is 0 Å². The van der Waals surface area contributed by atoms with E-state index >= 15 is 0 Å². The molecule has 3 rings (SSSR count). The summed E-state index contributed by atoms with van der Waals surface area (Å²) < 4.78 is 3.55. The molecule has 1 amide bonds. The molecule has 0 bridgehead atoms. The number of carbonyl (C=O) groups excluding carboxylic acids is 1. The van der Waals surface area contributed by atoms with Gasteiger partial charge in [0.1, 0.15) is 12.7 Å². The molecule has 0 aliphatic rings. The number of anilines is 1. The SMILES string of the molecule is Cc1nn(C)c(C)c1CC(=O)Nc1ccc(Cn2cncn2)cc1. The molecule has 7 heteroatoms. The number of nitrogens with zero attached hydrogens (tertiary/aromatic N) is 5. The van der Waals surface area contributed by atoms with Crippen molar-refractivity contribution in [3.8, 4) is 0 Å². The molecule has 0 spiro atoms. The Morgan fingerprint density at radius 3 is 2.54 bits per heavy atom. The molecule has 1 aromatic carbocycles. The standard InChI is InChI=1S/C17H20N6O/c1-12-16(13(2)22(3)21-12)8-17(24)20-15-6-4-14(5-7-15)9-23-11-18-10-19-23/h4-7,10-11H,8-9H2,1-3H3,(H,20,24). The highest BCUT2D eigenvalue weighted by Gasteiger charge is 2.13. The number of amides is 1. The zero-order valence-electron chi connectivity index (χ0n) is 14.0. The summed E-state index contributed by atoms with van der Waals surface area (Å²) in [5, 5.41) is 11.3. The Morgan fingerprint density at radius 1 is 1.21 bits per heavy atom. The van der Waals surface area contributed by atoms with Gasteiger partial charge in [0, 0.05) is 24.0 Å². The molecule has 0 atom stereocenters. The van der Waals surface area contributed by atoms with Gasteiger partial charge in [0.05, 0.1) is 18.7 Å². The van der Waals surface area contributed by atoms with Crippen molar-refractivity contribution >= 4 is 11.6 Å². The smallest absolute Gasteiger partial charge is 0.228 e. The van der Waals surface area contributed by atoms with Gasteiger partial charge in [-0.1, -0.05) is 12.1 Å². The molecule has 3 aromatic rings. The lowest BCUT2D eigenvalue weighted by Crippen LogP contribution is -2.15. The third kappa shape index (κ3) is 3.51. The van der Waals surface area contributed by atoms with E-state index in [1.165, 1.54) is 6.33 Å². The van der Waals surface area contributed by atoms with Crippen LogP contribution in [0.4, 0.5) is 5.69 Å². The topological polar surface area (TPSA) is 77.6 Å². The van der Waals surface area contributed by atoms with Gasteiger partial charge in [-0.3, -0.25) is 9.48 Å². The van der Waals surface area contributed by atoms with Crippen LogP contribution in [-0.2, 0) is 24.8 Å². The average molecular weight is 324 g/mol. The highest BCUT2D eigenvalue weighted by molar-refractivity contribution is 5.92. The molecule has 0 saturated heterocycles. The van der Waals surface area contributed by atoms with Crippen molar-refractivity contribution in [2.24, 2.45) is 7.05 Å². The van der Waals surface area contributed by atoms with E-state index in [9.17, 15) is 4.79 Å². The molecule has 0 aliphatic carbocycles.